The predicted molar refractivity (Wildman–Crippen MR) is 98.4 cm³/mol. The Morgan fingerprint density at radius 2 is 1.88 bits per heavy atom. The lowest BCUT2D eigenvalue weighted by Crippen LogP contribution is -2.31. The first-order chi connectivity index (χ1) is 12.1. The van der Waals surface area contributed by atoms with Crippen LogP contribution in [0.5, 0.6) is 5.75 Å². The SMILES string of the molecule is CC(O)CNCCNCc1cc(Cl)ccc1OCc1ccccc1F. The van der Waals surface area contributed by atoms with E-state index in [1.807, 2.05) is 6.07 Å². The summed E-state index contributed by atoms with van der Waals surface area (Å²) in [5.74, 6) is 0.400. The van der Waals surface area contributed by atoms with Crippen LogP contribution >= 0.6 is 11.6 Å². The number of ether oxygens (including phenoxy) is 1. The normalized spacial score (nSPS) is 12.2. The highest BCUT2D eigenvalue weighted by atomic mass is 35.5. The van der Waals surface area contributed by atoms with Gasteiger partial charge in [-0.25, -0.2) is 4.39 Å². The van der Waals surface area contributed by atoms with Gasteiger partial charge in [0.25, 0.3) is 0 Å². The van der Waals surface area contributed by atoms with E-state index in [0.29, 0.717) is 29.4 Å². The van der Waals surface area contributed by atoms with Gasteiger partial charge >= 0.3 is 0 Å². The molecule has 0 heterocycles. The van der Waals surface area contributed by atoms with E-state index in [0.717, 1.165) is 18.7 Å². The molecule has 0 bridgehead atoms. The van der Waals surface area contributed by atoms with Crippen LogP contribution in [0.25, 0.3) is 0 Å². The van der Waals surface area contributed by atoms with Crippen molar-refractivity contribution in [1.29, 1.82) is 0 Å². The largest absolute Gasteiger partial charge is 0.488 e. The van der Waals surface area contributed by atoms with E-state index in [-0.39, 0.29) is 18.5 Å². The van der Waals surface area contributed by atoms with Crippen molar-refractivity contribution in [1.82, 2.24) is 10.6 Å². The van der Waals surface area contributed by atoms with Crippen molar-refractivity contribution in [2.24, 2.45) is 0 Å². The van der Waals surface area contributed by atoms with E-state index in [1.54, 1.807) is 37.3 Å². The van der Waals surface area contributed by atoms with Crippen LogP contribution in [0, 0.1) is 5.82 Å². The second-order valence-electron chi connectivity index (χ2n) is 5.86. The van der Waals surface area contributed by atoms with Gasteiger partial charge in [0.2, 0.25) is 0 Å². The molecule has 0 aliphatic rings. The Bertz CT molecular complexity index is 668. The number of halogens is 2. The maximum absolute atomic E-state index is 13.7. The molecule has 1 atom stereocenters. The minimum Gasteiger partial charge on any atom is -0.488 e. The standard InChI is InChI=1S/C19H24ClFN2O2/c1-14(24)11-22-8-9-23-12-16-10-17(20)6-7-19(16)25-13-15-4-2-3-5-18(15)21/h2-7,10,14,22-24H,8-9,11-13H2,1H3. The monoisotopic (exact) mass is 366 g/mol. The minimum absolute atomic E-state index is 0.164. The summed E-state index contributed by atoms with van der Waals surface area (Å²) in [5.41, 5.74) is 1.43. The lowest BCUT2D eigenvalue weighted by Gasteiger charge is -2.14. The van der Waals surface area contributed by atoms with Crippen molar-refractivity contribution in [2.45, 2.75) is 26.2 Å². The Morgan fingerprint density at radius 1 is 1.12 bits per heavy atom. The summed E-state index contributed by atoms with van der Waals surface area (Å²) in [6.07, 6.45) is -0.355. The van der Waals surface area contributed by atoms with Gasteiger partial charge in [-0.3, -0.25) is 0 Å². The van der Waals surface area contributed by atoms with Crippen molar-refractivity contribution in [2.75, 3.05) is 19.6 Å². The molecule has 0 aliphatic carbocycles. The molecule has 1 unspecified atom stereocenters. The maximum atomic E-state index is 13.7. The van der Waals surface area contributed by atoms with Gasteiger partial charge in [-0.2, -0.15) is 0 Å². The highest BCUT2D eigenvalue weighted by molar-refractivity contribution is 6.30. The van der Waals surface area contributed by atoms with Crippen LogP contribution in [-0.2, 0) is 13.2 Å². The topological polar surface area (TPSA) is 53.5 Å². The third-order valence-corrected chi connectivity index (χ3v) is 3.83. The molecule has 3 N–H and O–H groups in total. The summed E-state index contributed by atoms with van der Waals surface area (Å²) in [6.45, 7) is 4.55. The molecule has 0 fully saturated rings. The second kappa shape index (κ2) is 10.4. The van der Waals surface area contributed by atoms with Gasteiger partial charge in [0, 0.05) is 42.3 Å². The van der Waals surface area contributed by atoms with Gasteiger partial charge in [-0.05, 0) is 31.2 Å². The van der Waals surface area contributed by atoms with Gasteiger partial charge in [0.15, 0.2) is 0 Å². The fourth-order valence-corrected chi connectivity index (χ4v) is 2.50. The van der Waals surface area contributed by atoms with Crippen molar-refractivity contribution < 1.29 is 14.2 Å². The number of rotatable bonds is 10. The molecule has 0 amide bonds. The van der Waals surface area contributed by atoms with Crippen molar-refractivity contribution >= 4 is 11.6 Å². The van der Waals surface area contributed by atoms with E-state index >= 15 is 0 Å². The quantitative estimate of drug-likeness (QED) is 0.565. The van der Waals surface area contributed by atoms with Crippen LogP contribution in [0.2, 0.25) is 5.02 Å². The fraction of sp³-hybridized carbons (Fsp3) is 0.368. The summed E-state index contributed by atoms with van der Waals surface area (Å²) < 4.78 is 19.5. The molecule has 25 heavy (non-hydrogen) atoms. The van der Waals surface area contributed by atoms with E-state index in [1.165, 1.54) is 6.07 Å². The number of nitrogens with one attached hydrogen (secondary N) is 2. The molecule has 0 saturated carbocycles. The van der Waals surface area contributed by atoms with E-state index < -0.39 is 0 Å². The zero-order chi connectivity index (χ0) is 18.1. The smallest absolute Gasteiger partial charge is 0.129 e. The van der Waals surface area contributed by atoms with Crippen LogP contribution < -0.4 is 15.4 Å². The first-order valence-electron chi connectivity index (χ1n) is 8.30. The predicted octanol–water partition coefficient (Wildman–Crippen LogP) is 3.12. The van der Waals surface area contributed by atoms with Gasteiger partial charge in [0.1, 0.15) is 18.2 Å². The van der Waals surface area contributed by atoms with E-state index in [4.69, 9.17) is 16.3 Å². The Balaban J connectivity index is 1.87. The van der Waals surface area contributed by atoms with Gasteiger partial charge in [-0.1, -0.05) is 29.8 Å². The zero-order valence-electron chi connectivity index (χ0n) is 14.3. The zero-order valence-corrected chi connectivity index (χ0v) is 15.0. The van der Waals surface area contributed by atoms with Crippen molar-refractivity contribution in [3.63, 3.8) is 0 Å². The summed E-state index contributed by atoms with van der Waals surface area (Å²) in [4.78, 5) is 0. The Kier molecular flexibility index (Phi) is 8.15. The Labute approximate surface area is 153 Å². The first-order valence-corrected chi connectivity index (χ1v) is 8.68. The molecule has 2 rings (SSSR count). The van der Waals surface area contributed by atoms with Crippen LogP contribution in [-0.4, -0.2) is 30.8 Å². The number of hydrogen-bond donors (Lipinski definition) is 3. The first kappa shape index (κ1) is 19.7. The number of aliphatic hydroxyl groups is 1. The molecule has 136 valence electrons. The summed E-state index contributed by atoms with van der Waals surface area (Å²) in [6, 6.07) is 12.0. The highest BCUT2D eigenvalue weighted by Gasteiger charge is 2.07. The third-order valence-electron chi connectivity index (χ3n) is 3.60. The second-order valence-corrected chi connectivity index (χ2v) is 6.30. The van der Waals surface area contributed by atoms with Gasteiger partial charge < -0.3 is 20.5 Å². The molecule has 0 radical (unpaired) electrons. The molecule has 0 aromatic heterocycles. The summed E-state index contributed by atoms with van der Waals surface area (Å²) in [5, 5.41) is 16.2. The maximum Gasteiger partial charge on any atom is 0.129 e. The fourth-order valence-electron chi connectivity index (χ4n) is 2.31. The van der Waals surface area contributed by atoms with Crippen LogP contribution in [0.15, 0.2) is 42.5 Å². The lowest BCUT2D eigenvalue weighted by molar-refractivity contribution is 0.191. The summed E-state index contributed by atoms with van der Waals surface area (Å²) >= 11 is 6.07. The van der Waals surface area contributed by atoms with Crippen molar-refractivity contribution in [3.8, 4) is 5.75 Å². The molecular formula is C19H24ClFN2O2. The lowest BCUT2D eigenvalue weighted by atomic mass is 10.2. The Morgan fingerprint density at radius 3 is 2.64 bits per heavy atom. The molecule has 0 aliphatic heterocycles. The van der Waals surface area contributed by atoms with Crippen LogP contribution in [0.1, 0.15) is 18.1 Å². The average Bonchev–Trinajstić information content (AvgIpc) is 2.58. The van der Waals surface area contributed by atoms with Gasteiger partial charge in [0.05, 0.1) is 6.10 Å². The van der Waals surface area contributed by atoms with Crippen molar-refractivity contribution in [3.05, 3.63) is 64.4 Å². The van der Waals surface area contributed by atoms with E-state index in [2.05, 4.69) is 10.6 Å². The molecule has 0 saturated heterocycles. The van der Waals surface area contributed by atoms with Crippen LogP contribution in [0.3, 0.4) is 0 Å². The van der Waals surface area contributed by atoms with E-state index in [9.17, 15) is 9.50 Å². The molecule has 6 heteroatoms. The minimum atomic E-state index is -0.355. The molecular weight excluding hydrogens is 343 g/mol. The van der Waals surface area contributed by atoms with Crippen LogP contribution in [0.4, 0.5) is 4.39 Å². The van der Waals surface area contributed by atoms with Gasteiger partial charge in [-0.15, -0.1) is 0 Å². The number of benzene rings is 2. The number of aliphatic hydroxyl groups excluding tert-OH is 1. The Hall–Kier alpha value is -1.66. The average molecular weight is 367 g/mol. The molecule has 0 spiro atoms. The number of hydrogen-bond acceptors (Lipinski definition) is 4. The molecule has 4 nitrogen and oxygen atoms in total. The summed E-state index contributed by atoms with van der Waals surface area (Å²) in [7, 11) is 0. The molecule has 2 aromatic rings. The third kappa shape index (κ3) is 7.00. The highest BCUT2D eigenvalue weighted by Crippen LogP contribution is 2.24. The molecule has 2 aromatic carbocycles.